The molecule has 1 saturated heterocycles. The number of likely N-dealkylation sites (tertiary alicyclic amines) is 1. The summed E-state index contributed by atoms with van der Waals surface area (Å²) in [5.41, 5.74) is 2.76. The number of carbonyl (C=O) groups excluding carboxylic acids is 1. The van der Waals surface area contributed by atoms with Gasteiger partial charge in [0.05, 0.1) is 0 Å². The van der Waals surface area contributed by atoms with Gasteiger partial charge in [-0.15, -0.1) is 0 Å². The van der Waals surface area contributed by atoms with Gasteiger partial charge >= 0.3 is 0 Å². The molecule has 1 aliphatic heterocycles. The van der Waals surface area contributed by atoms with Gasteiger partial charge in [-0.25, -0.2) is 0 Å². The molecule has 0 radical (unpaired) electrons. The van der Waals surface area contributed by atoms with Gasteiger partial charge < -0.3 is 11.5 Å². The van der Waals surface area contributed by atoms with E-state index in [4.69, 9.17) is 0 Å². The molecule has 0 aromatic heterocycles. The molecule has 0 bridgehead atoms. The number of hydrogen-bond donors (Lipinski definition) is 2. The van der Waals surface area contributed by atoms with Gasteiger partial charge in [0.2, 0.25) is 6.41 Å². The standard InChI is InChI=1S/C20H30N2O.H3N/c1-3-12-22-14-20(2)11-7-6-8-16(20)13-19(22)17-9-4-5-10-18(17)21-15-23;/h4-5,9-10,15-16,19H,3,6-8,11-14H2,1-2H3,(H,21,23);1H3. The zero-order valence-corrected chi connectivity index (χ0v) is 15.3. The predicted octanol–water partition coefficient (Wildman–Crippen LogP) is 4.77. The van der Waals surface area contributed by atoms with Crippen molar-refractivity contribution in [2.45, 2.75) is 58.4 Å². The van der Waals surface area contributed by atoms with Crippen molar-refractivity contribution in [1.82, 2.24) is 11.1 Å². The van der Waals surface area contributed by atoms with E-state index >= 15 is 0 Å². The van der Waals surface area contributed by atoms with Crippen molar-refractivity contribution in [2.24, 2.45) is 11.3 Å². The molecule has 1 aromatic rings. The van der Waals surface area contributed by atoms with Crippen LogP contribution in [0.2, 0.25) is 0 Å². The van der Waals surface area contributed by atoms with Gasteiger partial charge in [0.1, 0.15) is 0 Å². The van der Waals surface area contributed by atoms with E-state index in [2.05, 4.69) is 36.2 Å². The highest BCUT2D eigenvalue weighted by atomic mass is 16.1. The van der Waals surface area contributed by atoms with Crippen LogP contribution in [-0.2, 0) is 4.79 Å². The normalized spacial score (nSPS) is 30.1. The smallest absolute Gasteiger partial charge is 0.211 e. The van der Waals surface area contributed by atoms with Crippen molar-refractivity contribution in [3.8, 4) is 0 Å². The molecule has 3 rings (SSSR count). The van der Waals surface area contributed by atoms with Crippen molar-refractivity contribution in [3.63, 3.8) is 0 Å². The minimum atomic E-state index is 0. The van der Waals surface area contributed by atoms with Gasteiger partial charge in [-0.2, -0.15) is 0 Å². The summed E-state index contributed by atoms with van der Waals surface area (Å²) in [6, 6.07) is 8.78. The molecule has 134 valence electrons. The average molecular weight is 332 g/mol. The SMILES string of the molecule is CCCN1CC2(C)CCCCC2CC1c1ccccc1NC=O.N. The zero-order valence-electron chi connectivity index (χ0n) is 15.3. The Balaban J connectivity index is 0.00000208. The molecule has 0 spiro atoms. The second kappa shape index (κ2) is 8.13. The highest BCUT2D eigenvalue weighted by molar-refractivity contribution is 5.73. The van der Waals surface area contributed by atoms with Crippen molar-refractivity contribution in [2.75, 3.05) is 18.4 Å². The van der Waals surface area contributed by atoms with Gasteiger partial charge in [-0.3, -0.25) is 9.69 Å². The van der Waals surface area contributed by atoms with Gasteiger partial charge in [0.25, 0.3) is 0 Å². The number of para-hydroxylation sites is 1. The summed E-state index contributed by atoms with van der Waals surface area (Å²) in [5, 5.41) is 2.91. The van der Waals surface area contributed by atoms with Crippen LogP contribution >= 0.6 is 0 Å². The second-order valence-corrected chi connectivity index (χ2v) is 7.67. The van der Waals surface area contributed by atoms with Gasteiger partial charge in [-0.1, -0.05) is 44.9 Å². The average Bonchev–Trinajstić information content (AvgIpc) is 2.55. The minimum Gasteiger partial charge on any atom is -0.344 e. The molecule has 2 fully saturated rings. The molecule has 4 nitrogen and oxygen atoms in total. The lowest BCUT2D eigenvalue weighted by Crippen LogP contribution is -2.50. The van der Waals surface area contributed by atoms with Gasteiger partial charge in [0.15, 0.2) is 0 Å². The lowest BCUT2D eigenvalue weighted by atomic mass is 9.62. The number of hydrogen-bond acceptors (Lipinski definition) is 3. The summed E-state index contributed by atoms with van der Waals surface area (Å²) in [6.45, 7) is 7.11. The van der Waals surface area contributed by atoms with Crippen LogP contribution in [0, 0.1) is 11.3 Å². The Bertz CT molecular complexity index is 547. The summed E-state index contributed by atoms with van der Waals surface area (Å²) < 4.78 is 0. The molecule has 3 unspecified atom stereocenters. The Morgan fingerprint density at radius 1 is 1.33 bits per heavy atom. The third-order valence-corrected chi connectivity index (χ3v) is 6.09. The van der Waals surface area contributed by atoms with E-state index in [1.807, 2.05) is 12.1 Å². The lowest BCUT2D eigenvalue weighted by molar-refractivity contribution is -0.105. The molecule has 24 heavy (non-hydrogen) atoms. The Labute approximate surface area is 146 Å². The van der Waals surface area contributed by atoms with Gasteiger partial charge in [-0.05, 0) is 55.2 Å². The van der Waals surface area contributed by atoms with E-state index in [1.165, 1.54) is 50.6 Å². The van der Waals surface area contributed by atoms with E-state index in [0.29, 0.717) is 11.5 Å². The largest absolute Gasteiger partial charge is 0.344 e. The Morgan fingerprint density at radius 2 is 2.12 bits per heavy atom. The molecule has 1 aliphatic carbocycles. The van der Waals surface area contributed by atoms with E-state index < -0.39 is 0 Å². The molecular formula is C20H33N3O. The summed E-state index contributed by atoms with van der Waals surface area (Å²) in [5.74, 6) is 0.818. The summed E-state index contributed by atoms with van der Waals surface area (Å²) in [7, 11) is 0. The third-order valence-electron chi connectivity index (χ3n) is 6.09. The van der Waals surface area contributed by atoms with Crippen LogP contribution < -0.4 is 11.5 Å². The fraction of sp³-hybridized carbons (Fsp3) is 0.650. The maximum absolute atomic E-state index is 11.0. The molecule has 1 saturated carbocycles. The van der Waals surface area contributed by atoms with Crippen LogP contribution in [0.4, 0.5) is 5.69 Å². The van der Waals surface area contributed by atoms with Crippen LogP contribution in [-0.4, -0.2) is 24.4 Å². The highest BCUT2D eigenvalue weighted by Gasteiger charge is 2.45. The first-order valence-corrected chi connectivity index (χ1v) is 9.21. The van der Waals surface area contributed by atoms with Crippen molar-refractivity contribution >= 4 is 12.1 Å². The number of piperidine rings is 1. The van der Waals surface area contributed by atoms with Crippen molar-refractivity contribution < 1.29 is 4.79 Å². The third kappa shape index (κ3) is 3.65. The van der Waals surface area contributed by atoms with Crippen LogP contribution in [0.5, 0.6) is 0 Å². The number of fused-ring (bicyclic) bond motifs is 1. The number of nitrogens with zero attached hydrogens (tertiary/aromatic N) is 1. The number of rotatable bonds is 5. The Hall–Kier alpha value is -1.39. The molecule has 4 N–H and O–H groups in total. The van der Waals surface area contributed by atoms with E-state index in [-0.39, 0.29) is 6.15 Å². The maximum Gasteiger partial charge on any atom is 0.211 e. The van der Waals surface area contributed by atoms with Crippen LogP contribution in [0.25, 0.3) is 0 Å². The van der Waals surface area contributed by atoms with Crippen LogP contribution in [0.3, 0.4) is 0 Å². The minimum absolute atomic E-state index is 0. The Morgan fingerprint density at radius 3 is 2.88 bits per heavy atom. The lowest BCUT2D eigenvalue weighted by Gasteiger charge is -2.53. The van der Waals surface area contributed by atoms with Crippen molar-refractivity contribution in [3.05, 3.63) is 29.8 Å². The molecular weight excluding hydrogens is 298 g/mol. The maximum atomic E-state index is 11.0. The van der Waals surface area contributed by atoms with E-state index in [0.717, 1.165) is 24.6 Å². The number of nitrogens with one attached hydrogen (secondary N) is 1. The molecule has 3 atom stereocenters. The number of carbonyl (C=O) groups is 1. The fourth-order valence-corrected chi connectivity index (χ4v) is 4.90. The number of amides is 1. The van der Waals surface area contributed by atoms with Crippen molar-refractivity contribution in [1.29, 1.82) is 0 Å². The number of anilines is 1. The predicted molar refractivity (Wildman–Crippen MR) is 100 cm³/mol. The van der Waals surface area contributed by atoms with E-state index in [9.17, 15) is 4.79 Å². The Kier molecular flexibility index (Phi) is 6.41. The zero-order chi connectivity index (χ0) is 16.3. The first-order chi connectivity index (χ1) is 11.2. The summed E-state index contributed by atoms with van der Waals surface area (Å²) in [6.07, 6.45) is 8.73. The molecule has 1 heterocycles. The quantitative estimate of drug-likeness (QED) is 0.764. The van der Waals surface area contributed by atoms with Gasteiger partial charge in [0, 0.05) is 18.3 Å². The first-order valence-electron chi connectivity index (χ1n) is 9.21. The summed E-state index contributed by atoms with van der Waals surface area (Å²) in [4.78, 5) is 13.6. The molecule has 1 amide bonds. The molecule has 2 aliphatic rings. The molecule has 1 aromatic carbocycles. The highest BCUT2D eigenvalue weighted by Crippen LogP contribution is 2.51. The fourth-order valence-electron chi connectivity index (χ4n) is 4.90. The summed E-state index contributed by atoms with van der Waals surface area (Å²) >= 11 is 0. The van der Waals surface area contributed by atoms with E-state index in [1.54, 1.807) is 0 Å². The molecule has 4 heteroatoms. The van der Waals surface area contributed by atoms with Crippen LogP contribution in [0.1, 0.15) is 64.0 Å². The first kappa shape index (κ1) is 18.9. The topological polar surface area (TPSA) is 67.3 Å². The second-order valence-electron chi connectivity index (χ2n) is 7.67. The monoisotopic (exact) mass is 331 g/mol. The van der Waals surface area contributed by atoms with Crippen LogP contribution in [0.15, 0.2) is 24.3 Å². The number of benzene rings is 1.